The van der Waals surface area contributed by atoms with E-state index in [9.17, 15) is 4.79 Å². The van der Waals surface area contributed by atoms with Crippen LogP contribution in [0, 0.1) is 0 Å². The standard InChI is InChI=1S/C24H21OP/c25-18-16-22-17-19-26(23-14-8-3-9-15-23)24(22,20-10-4-1-5-11-20)21-12-6-2-7-13-21/h1-16,18H,17,19H2. The molecule has 1 unspecified atom stereocenters. The summed E-state index contributed by atoms with van der Waals surface area (Å²) in [6, 6.07) is 32.2. The lowest BCUT2D eigenvalue weighted by Gasteiger charge is -2.39. The largest absolute Gasteiger partial charge is 0.299 e. The van der Waals surface area contributed by atoms with Crippen LogP contribution in [0.5, 0.6) is 0 Å². The topological polar surface area (TPSA) is 17.1 Å². The zero-order valence-corrected chi connectivity index (χ0v) is 15.5. The van der Waals surface area contributed by atoms with Crippen LogP contribution in [0.4, 0.5) is 0 Å². The zero-order valence-electron chi connectivity index (χ0n) is 14.6. The van der Waals surface area contributed by atoms with Crippen molar-refractivity contribution in [2.75, 3.05) is 6.16 Å². The molecule has 26 heavy (non-hydrogen) atoms. The van der Waals surface area contributed by atoms with Gasteiger partial charge in [-0.3, -0.25) is 4.79 Å². The van der Waals surface area contributed by atoms with Crippen molar-refractivity contribution in [3.63, 3.8) is 0 Å². The van der Waals surface area contributed by atoms with E-state index < -0.39 is 7.92 Å². The van der Waals surface area contributed by atoms with E-state index in [1.165, 1.54) is 22.0 Å². The molecule has 0 bridgehead atoms. The molecule has 0 saturated carbocycles. The maximum atomic E-state index is 11.5. The predicted octanol–water partition coefficient (Wildman–Crippen LogP) is 5.27. The fourth-order valence-corrected chi connectivity index (χ4v) is 7.61. The molecule has 1 heterocycles. The van der Waals surface area contributed by atoms with Crippen LogP contribution in [-0.4, -0.2) is 12.4 Å². The van der Waals surface area contributed by atoms with E-state index in [4.69, 9.17) is 0 Å². The highest BCUT2D eigenvalue weighted by atomic mass is 31.1. The molecule has 0 N–H and O–H groups in total. The minimum atomic E-state index is -0.519. The summed E-state index contributed by atoms with van der Waals surface area (Å²) < 4.78 is 0. The van der Waals surface area contributed by atoms with E-state index >= 15 is 0 Å². The number of aldehydes is 1. The summed E-state index contributed by atoms with van der Waals surface area (Å²) in [5, 5.41) is 1.16. The molecule has 0 radical (unpaired) electrons. The summed E-state index contributed by atoms with van der Waals surface area (Å²) in [5.74, 6) is 0. The molecule has 1 aliphatic rings. The predicted molar refractivity (Wildman–Crippen MR) is 110 cm³/mol. The van der Waals surface area contributed by atoms with E-state index in [-0.39, 0.29) is 5.16 Å². The Hall–Kier alpha value is -2.50. The molecule has 0 amide bonds. The lowest BCUT2D eigenvalue weighted by atomic mass is 9.82. The average Bonchev–Trinajstić information content (AvgIpc) is 3.10. The van der Waals surface area contributed by atoms with Crippen LogP contribution in [0.1, 0.15) is 17.5 Å². The van der Waals surface area contributed by atoms with Crippen molar-refractivity contribution in [3.8, 4) is 0 Å². The Morgan fingerprint density at radius 3 is 1.73 bits per heavy atom. The van der Waals surface area contributed by atoms with Gasteiger partial charge in [-0.15, -0.1) is 0 Å². The fourth-order valence-electron chi connectivity index (χ4n) is 4.18. The molecule has 3 aromatic rings. The van der Waals surface area contributed by atoms with Gasteiger partial charge in [-0.05, 0) is 40.7 Å². The van der Waals surface area contributed by atoms with Gasteiger partial charge >= 0.3 is 0 Å². The number of allylic oxidation sites excluding steroid dienone is 2. The molecule has 1 aliphatic heterocycles. The van der Waals surface area contributed by atoms with Gasteiger partial charge in [-0.1, -0.05) is 98.9 Å². The van der Waals surface area contributed by atoms with Gasteiger partial charge in [0.05, 0.1) is 5.16 Å². The molecule has 1 fully saturated rings. The SMILES string of the molecule is O=CC=C1CCP(c2ccccc2)C1(c1ccccc1)c1ccccc1. The van der Waals surface area contributed by atoms with E-state index in [1.54, 1.807) is 0 Å². The highest BCUT2D eigenvalue weighted by molar-refractivity contribution is 7.67. The van der Waals surface area contributed by atoms with Crippen LogP contribution >= 0.6 is 7.92 Å². The Balaban J connectivity index is 2.04. The first-order valence-electron chi connectivity index (χ1n) is 8.96. The molecule has 2 heteroatoms. The highest BCUT2D eigenvalue weighted by Crippen LogP contribution is 2.68. The van der Waals surface area contributed by atoms with Gasteiger partial charge in [0.15, 0.2) is 0 Å². The first kappa shape index (κ1) is 16.9. The van der Waals surface area contributed by atoms with Crippen molar-refractivity contribution in [3.05, 3.63) is 114 Å². The Labute approximate surface area is 156 Å². The second-order valence-corrected chi connectivity index (χ2v) is 9.00. The van der Waals surface area contributed by atoms with Crippen LogP contribution in [0.25, 0.3) is 0 Å². The second kappa shape index (κ2) is 7.40. The second-order valence-electron chi connectivity index (χ2n) is 6.51. The Bertz CT molecular complexity index is 861. The minimum absolute atomic E-state index is 0.236. The van der Waals surface area contributed by atoms with Crippen LogP contribution < -0.4 is 5.30 Å². The lowest BCUT2D eigenvalue weighted by Crippen LogP contribution is -2.28. The van der Waals surface area contributed by atoms with Crippen molar-refractivity contribution >= 4 is 19.5 Å². The van der Waals surface area contributed by atoms with Gasteiger partial charge in [0.1, 0.15) is 6.29 Å². The highest BCUT2D eigenvalue weighted by Gasteiger charge is 2.49. The third-order valence-electron chi connectivity index (χ3n) is 5.19. The van der Waals surface area contributed by atoms with Crippen LogP contribution in [0.15, 0.2) is 103 Å². The van der Waals surface area contributed by atoms with Crippen molar-refractivity contribution in [2.45, 2.75) is 11.6 Å². The van der Waals surface area contributed by atoms with Crippen LogP contribution in [0.3, 0.4) is 0 Å². The quantitative estimate of drug-likeness (QED) is 0.354. The smallest absolute Gasteiger partial charge is 0.142 e. The normalized spacial score (nSPS) is 20.2. The Kier molecular flexibility index (Phi) is 4.82. The monoisotopic (exact) mass is 356 g/mol. The third kappa shape index (κ3) is 2.73. The van der Waals surface area contributed by atoms with Gasteiger partial charge in [0.2, 0.25) is 0 Å². The van der Waals surface area contributed by atoms with E-state index in [0.717, 1.165) is 18.9 Å². The van der Waals surface area contributed by atoms with Gasteiger partial charge < -0.3 is 0 Å². The maximum absolute atomic E-state index is 11.5. The molecular weight excluding hydrogens is 335 g/mol. The number of carbonyl (C=O) groups is 1. The van der Waals surface area contributed by atoms with Crippen LogP contribution in [0.2, 0.25) is 0 Å². The number of benzene rings is 3. The average molecular weight is 356 g/mol. The summed E-state index contributed by atoms with van der Waals surface area (Å²) in [4.78, 5) is 11.5. The first-order valence-corrected chi connectivity index (χ1v) is 10.5. The van der Waals surface area contributed by atoms with Gasteiger partial charge in [-0.25, -0.2) is 0 Å². The molecule has 1 atom stereocenters. The number of hydrogen-bond acceptors (Lipinski definition) is 1. The minimum Gasteiger partial charge on any atom is -0.299 e. The number of hydrogen-bond donors (Lipinski definition) is 0. The summed E-state index contributed by atoms with van der Waals surface area (Å²) in [5.41, 5.74) is 3.80. The Morgan fingerprint density at radius 2 is 1.23 bits per heavy atom. The third-order valence-corrected chi connectivity index (χ3v) is 8.40. The maximum Gasteiger partial charge on any atom is 0.142 e. The summed E-state index contributed by atoms with van der Waals surface area (Å²) in [7, 11) is -0.519. The zero-order chi connectivity index (χ0) is 17.8. The van der Waals surface area contributed by atoms with Gasteiger partial charge in [0, 0.05) is 0 Å². The molecule has 1 nitrogen and oxygen atoms in total. The van der Waals surface area contributed by atoms with Gasteiger partial charge in [0.25, 0.3) is 0 Å². The van der Waals surface area contributed by atoms with E-state index in [2.05, 4.69) is 91.0 Å². The van der Waals surface area contributed by atoms with Crippen LogP contribution in [-0.2, 0) is 9.95 Å². The van der Waals surface area contributed by atoms with E-state index in [0.29, 0.717) is 0 Å². The Morgan fingerprint density at radius 1 is 0.731 bits per heavy atom. The first-order chi connectivity index (χ1) is 12.9. The lowest BCUT2D eigenvalue weighted by molar-refractivity contribution is -0.104. The number of carbonyl (C=O) groups excluding carboxylic acids is 1. The number of rotatable bonds is 4. The van der Waals surface area contributed by atoms with Crippen molar-refractivity contribution in [2.24, 2.45) is 0 Å². The molecular formula is C24H21OP. The molecule has 128 valence electrons. The summed E-state index contributed by atoms with van der Waals surface area (Å²) >= 11 is 0. The van der Waals surface area contributed by atoms with Crippen molar-refractivity contribution in [1.29, 1.82) is 0 Å². The van der Waals surface area contributed by atoms with E-state index in [1.807, 2.05) is 6.08 Å². The molecule has 3 aromatic carbocycles. The van der Waals surface area contributed by atoms with Gasteiger partial charge in [-0.2, -0.15) is 0 Å². The summed E-state index contributed by atoms with van der Waals surface area (Å²) in [6.45, 7) is 0. The molecule has 4 rings (SSSR count). The molecule has 0 aromatic heterocycles. The van der Waals surface area contributed by atoms with Crippen molar-refractivity contribution in [1.82, 2.24) is 0 Å². The molecule has 1 saturated heterocycles. The molecule has 0 aliphatic carbocycles. The fraction of sp³-hybridized carbons (Fsp3) is 0.125. The summed E-state index contributed by atoms with van der Waals surface area (Å²) in [6.07, 6.45) is 4.83. The van der Waals surface area contributed by atoms with Crippen molar-refractivity contribution < 1.29 is 4.79 Å². The molecule has 0 spiro atoms.